The Kier molecular flexibility index (Phi) is 1.39. The van der Waals surface area contributed by atoms with E-state index in [4.69, 9.17) is 11.6 Å². The summed E-state index contributed by atoms with van der Waals surface area (Å²) >= 11 is 5.14. The lowest BCUT2D eigenvalue weighted by atomic mass is 10.7. The zero-order valence-electron chi connectivity index (χ0n) is 3.73. The molecule has 0 aliphatic heterocycles. The molecule has 1 heterocycles. The van der Waals surface area contributed by atoms with Crippen LogP contribution in [-0.2, 0) is 0 Å². The molecule has 0 atom stereocenters. The molecule has 0 spiro atoms. The van der Waals surface area contributed by atoms with Crippen molar-refractivity contribution in [2.75, 3.05) is 0 Å². The summed E-state index contributed by atoms with van der Waals surface area (Å²) in [6, 6.07) is 0. The Morgan fingerprint density at radius 3 is 2.88 bits per heavy atom. The summed E-state index contributed by atoms with van der Waals surface area (Å²) in [7, 11) is 0. The summed E-state index contributed by atoms with van der Waals surface area (Å²) in [5.41, 5.74) is 0. The van der Waals surface area contributed by atoms with Gasteiger partial charge in [0.15, 0.2) is 5.15 Å². The van der Waals surface area contributed by atoms with Gasteiger partial charge < -0.3 is 0 Å². The summed E-state index contributed by atoms with van der Waals surface area (Å²) in [6.07, 6.45) is 3.38. The molecule has 0 aliphatic carbocycles. The van der Waals surface area contributed by atoms with Gasteiger partial charge in [-0.25, -0.2) is 9.97 Å². The van der Waals surface area contributed by atoms with Crippen molar-refractivity contribution in [1.82, 2.24) is 9.97 Å². The highest BCUT2D eigenvalue weighted by atomic mass is 35.5. The van der Waals surface area contributed by atoms with Crippen LogP contribution in [-0.4, -0.2) is 9.97 Å². The molecule has 8 heavy (non-hydrogen) atoms. The number of rotatable bonds is 0. The van der Waals surface area contributed by atoms with Gasteiger partial charge >= 0.3 is 0 Å². The quantitative estimate of drug-likeness (QED) is 0.526. The maximum absolute atomic E-state index is 12.0. The summed E-state index contributed by atoms with van der Waals surface area (Å²) in [6.45, 7) is 0. The fourth-order valence-corrected chi connectivity index (χ4v) is 0.362. The fourth-order valence-electron chi connectivity index (χ4n) is 0.270. The van der Waals surface area contributed by atoms with Gasteiger partial charge in [-0.2, -0.15) is 4.39 Å². The van der Waals surface area contributed by atoms with Crippen LogP contribution >= 0.6 is 11.6 Å². The molecular weight excluding hydrogens is 131 g/mol. The Morgan fingerprint density at radius 2 is 2.50 bits per heavy atom. The molecule has 0 bridgehead atoms. The van der Waals surface area contributed by atoms with Gasteiger partial charge in [0.05, 0.1) is 6.20 Å². The SMILES string of the molecule is Fc1n[c]cnc1Cl. The number of aromatic nitrogens is 2. The van der Waals surface area contributed by atoms with Gasteiger partial charge in [0.25, 0.3) is 5.95 Å². The van der Waals surface area contributed by atoms with Crippen molar-refractivity contribution in [3.05, 3.63) is 23.5 Å². The predicted molar refractivity (Wildman–Crippen MR) is 25.8 cm³/mol. The molecule has 1 rings (SSSR count). The molecule has 1 radical (unpaired) electrons. The van der Waals surface area contributed by atoms with Crippen LogP contribution in [0.2, 0.25) is 5.15 Å². The molecule has 2 nitrogen and oxygen atoms in total. The molecule has 1 aromatic heterocycles. The molecule has 0 saturated carbocycles. The summed E-state index contributed by atoms with van der Waals surface area (Å²) in [5, 5.41) is -0.219. The van der Waals surface area contributed by atoms with Crippen LogP contribution in [0.1, 0.15) is 0 Å². The Bertz CT molecular complexity index is 170. The van der Waals surface area contributed by atoms with E-state index in [0.29, 0.717) is 0 Å². The third kappa shape index (κ3) is 0.924. The molecule has 0 N–H and O–H groups in total. The van der Waals surface area contributed by atoms with Gasteiger partial charge in [-0.05, 0) is 0 Å². The fraction of sp³-hybridized carbons (Fsp3) is 0. The Hall–Kier alpha value is -0.700. The van der Waals surface area contributed by atoms with Gasteiger partial charge in [-0.3, -0.25) is 0 Å². The topological polar surface area (TPSA) is 25.8 Å². The third-order valence-electron chi connectivity index (χ3n) is 0.569. The van der Waals surface area contributed by atoms with Crippen molar-refractivity contribution in [2.45, 2.75) is 0 Å². The average molecular weight is 132 g/mol. The molecule has 4 heteroatoms. The van der Waals surface area contributed by atoms with Gasteiger partial charge in [0.1, 0.15) is 6.20 Å². The second kappa shape index (κ2) is 2.05. The summed E-state index contributed by atoms with van der Waals surface area (Å²) < 4.78 is 12.0. The van der Waals surface area contributed by atoms with Crippen LogP contribution in [0.5, 0.6) is 0 Å². The molecule has 1 aromatic rings. The molecule has 41 valence electrons. The highest BCUT2D eigenvalue weighted by Gasteiger charge is 1.95. The minimum atomic E-state index is -0.783. The summed E-state index contributed by atoms with van der Waals surface area (Å²) in [5.74, 6) is -0.783. The van der Waals surface area contributed by atoms with Crippen LogP contribution in [0.15, 0.2) is 6.20 Å². The molecule has 0 fully saturated rings. The minimum absolute atomic E-state index is 0.219. The lowest BCUT2D eigenvalue weighted by molar-refractivity contribution is 0.576. The Morgan fingerprint density at radius 1 is 1.75 bits per heavy atom. The van der Waals surface area contributed by atoms with E-state index >= 15 is 0 Å². The first kappa shape index (κ1) is 5.44. The van der Waals surface area contributed by atoms with Crippen LogP contribution in [0.25, 0.3) is 0 Å². The van der Waals surface area contributed by atoms with Gasteiger partial charge in [-0.15, -0.1) is 0 Å². The van der Waals surface area contributed by atoms with Gasteiger partial charge in [0.2, 0.25) is 0 Å². The monoisotopic (exact) mass is 131 g/mol. The molecule has 0 aromatic carbocycles. The first-order valence-corrected chi connectivity index (χ1v) is 2.22. The maximum Gasteiger partial charge on any atom is 0.251 e. The van der Waals surface area contributed by atoms with Gasteiger partial charge in [-0.1, -0.05) is 11.6 Å². The highest BCUT2D eigenvalue weighted by molar-refractivity contribution is 6.29. The van der Waals surface area contributed by atoms with Crippen molar-refractivity contribution < 1.29 is 4.39 Å². The zero-order valence-corrected chi connectivity index (χ0v) is 4.48. The minimum Gasteiger partial charge on any atom is -0.238 e. The van der Waals surface area contributed by atoms with E-state index in [1.807, 2.05) is 0 Å². The normalized spacial score (nSPS) is 9.25. The standard InChI is InChI=1S/C4HClFN2/c5-3-4(6)8-2-1-7-3/h1H. The molecule has 0 saturated heterocycles. The van der Waals surface area contributed by atoms with Crippen molar-refractivity contribution in [3.63, 3.8) is 0 Å². The number of hydrogen-bond donors (Lipinski definition) is 0. The molecule has 0 aliphatic rings. The van der Waals surface area contributed by atoms with E-state index in [9.17, 15) is 4.39 Å². The van der Waals surface area contributed by atoms with Crippen molar-refractivity contribution in [3.8, 4) is 0 Å². The number of hydrogen-bond acceptors (Lipinski definition) is 2. The van der Waals surface area contributed by atoms with Crippen molar-refractivity contribution in [1.29, 1.82) is 0 Å². The molecule has 0 unspecified atom stereocenters. The zero-order chi connectivity index (χ0) is 5.98. The van der Waals surface area contributed by atoms with E-state index in [-0.39, 0.29) is 5.15 Å². The number of halogens is 2. The second-order valence-electron chi connectivity index (χ2n) is 1.08. The predicted octanol–water partition coefficient (Wildman–Crippen LogP) is 1.07. The van der Waals surface area contributed by atoms with Crippen molar-refractivity contribution in [2.24, 2.45) is 0 Å². The molecule has 0 amide bonds. The van der Waals surface area contributed by atoms with E-state index < -0.39 is 5.95 Å². The smallest absolute Gasteiger partial charge is 0.238 e. The highest BCUT2D eigenvalue weighted by Crippen LogP contribution is 2.03. The number of nitrogens with zero attached hydrogens (tertiary/aromatic N) is 2. The first-order valence-electron chi connectivity index (χ1n) is 1.85. The van der Waals surface area contributed by atoms with E-state index in [1.54, 1.807) is 0 Å². The van der Waals surface area contributed by atoms with Crippen LogP contribution < -0.4 is 0 Å². The Labute approximate surface area is 50.3 Å². The van der Waals surface area contributed by atoms with Gasteiger partial charge in [0, 0.05) is 0 Å². The second-order valence-corrected chi connectivity index (χ2v) is 1.44. The average Bonchev–Trinajstić information content (AvgIpc) is 1.77. The van der Waals surface area contributed by atoms with Crippen LogP contribution in [0, 0.1) is 12.1 Å². The maximum atomic E-state index is 12.0. The third-order valence-corrected chi connectivity index (χ3v) is 0.822. The van der Waals surface area contributed by atoms with Crippen LogP contribution in [0.4, 0.5) is 4.39 Å². The van der Waals surface area contributed by atoms with E-state index in [2.05, 4.69) is 16.2 Å². The van der Waals surface area contributed by atoms with E-state index in [1.165, 1.54) is 6.20 Å². The lowest BCUT2D eigenvalue weighted by Gasteiger charge is -1.84. The molecular formula is C4HClFN2. The Balaban J connectivity index is 3.13. The largest absolute Gasteiger partial charge is 0.251 e. The lowest BCUT2D eigenvalue weighted by Crippen LogP contribution is -1.84. The summed E-state index contributed by atoms with van der Waals surface area (Å²) in [4.78, 5) is 6.44. The van der Waals surface area contributed by atoms with Crippen molar-refractivity contribution >= 4 is 11.6 Å². The van der Waals surface area contributed by atoms with E-state index in [0.717, 1.165) is 0 Å². The van der Waals surface area contributed by atoms with Crippen LogP contribution in [0.3, 0.4) is 0 Å². The first-order chi connectivity index (χ1) is 3.80.